The van der Waals surface area contributed by atoms with Crippen LogP contribution in [0.2, 0.25) is 10.0 Å². The Hall–Kier alpha value is -1.52. The van der Waals surface area contributed by atoms with Gasteiger partial charge in [-0.15, -0.1) is 0 Å². The summed E-state index contributed by atoms with van der Waals surface area (Å²) in [4.78, 5) is 14.0. The van der Waals surface area contributed by atoms with Gasteiger partial charge in [-0.25, -0.2) is 0 Å². The molecule has 6 heteroatoms. The van der Waals surface area contributed by atoms with Crippen LogP contribution in [0.4, 0.5) is 0 Å². The lowest BCUT2D eigenvalue weighted by molar-refractivity contribution is 0.0784. The quantitative estimate of drug-likeness (QED) is 0.941. The standard InChI is InChI=1S/C14H15Cl2N3O/c1-8-13(9(2)18-17-8)14(20)19(3)7-10-4-5-11(15)6-12(10)16/h4-6H,7H2,1-3H3,(H,17,18). The predicted molar refractivity (Wildman–Crippen MR) is 80.3 cm³/mol. The van der Waals surface area contributed by atoms with Gasteiger partial charge in [0.2, 0.25) is 0 Å². The fourth-order valence-corrected chi connectivity index (χ4v) is 2.50. The number of nitrogens with one attached hydrogen (secondary N) is 1. The lowest BCUT2D eigenvalue weighted by Crippen LogP contribution is -2.27. The highest BCUT2D eigenvalue weighted by Gasteiger charge is 2.19. The summed E-state index contributed by atoms with van der Waals surface area (Å²) in [5.41, 5.74) is 2.92. The Bertz CT molecular complexity index is 632. The van der Waals surface area contributed by atoms with E-state index >= 15 is 0 Å². The molecule has 20 heavy (non-hydrogen) atoms. The molecule has 1 heterocycles. The number of carbonyl (C=O) groups is 1. The van der Waals surface area contributed by atoms with E-state index in [9.17, 15) is 4.79 Å². The molecule has 1 aromatic carbocycles. The molecule has 0 saturated carbocycles. The second-order valence-corrected chi connectivity index (χ2v) is 5.55. The summed E-state index contributed by atoms with van der Waals surface area (Å²) in [6.07, 6.45) is 0. The maximum absolute atomic E-state index is 12.4. The Morgan fingerprint density at radius 1 is 1.35 bits per heavy atom. The zero-order valence-corrected chi connectivity index (χ0v) is 13.0. The number of benzene rings is 1. The van der Waals surface area contributed by atoms with Crippen LogP contribution >= 0.6 is 23.2 Å². The van der Waals surface area contributed by atoms with Crippen LogP contribution in [0.15, 0.2) is 18.2 Å². The number of aryl methyl sites for hydroxylation is 2. The van der Waals surface area contributed by atoms with Crippen molar-refractivity contribution in [1.29, 1.82) is 0 Å². The second kappa shape index (κ2) is 5.85. The molecule has 2 aromatic rings. The van der Waals surface area contributed by atoms with E-state index in [2.05, 4.69) is 10.2 Å². The Morgan fingerprint density at radius 3 is 2.60 bits per heavy atom. The van der Waals surface area contributed by atoms with Crippen molar-refractivity contribution in [3.05, 3.63) is 50.8 Å². The minimum atomic E-state index is -0.0835. The smallest absolute Gasteiger partial charge is 0.257 e. The van der Waals surface area contributed by atoms with Crippen LogP contribution in [0, 0.1) is 13.8 Å². The topological polar surface area (TPSA) is 49.0 Å². The van der Waals surface area contributed by atoms with Gasteiger partial charge in [0.15, 0.2) is 0 Å². The van der Waals surface area contributed by atoms with Crippen molar-refractivity contribution < 1.29 is 4.79 Å². The Morgan fingerprint density at radius 2 is 2.05 bits per heavy atom. The van der Waals surface area contributed by atoms with Gasteiger partial charge < -0.3 is 4.90 Å². The van der Waals surface area contributed by atoms with E-state index in [0.29, 0.717) is 27.8 Å². The van der Waals surface area contributed by atoms with Gasteiger partial charge in [0.05, 0.1) is 11.3 Å². The van der Waals surface area contributed by atoms with E-state index in [0.717, 1.165) is 11.3 Å². The first-order chi connectivity index (χ1) is 9.40. The first-order valence-electron chi connectivity index (χ1n) is 6.11. The van der Waals surface area contributed by atoms with Gasteiger partial charge in [-0.2, -0.15) is 5.10 Å². The molecule has 0 atom stereocenters. The average molecular weight is 312 g/mol. The normalized spacial score (nSPS) is 10.7. The second-order valence-electron chi connectivity index (χ2n) is 4.71. The van der Waals surface area contributed by atoms with Gasteiger partial charge in [0.1, 0.15) is 0 Å². The van der Waals surface area contributed by atoms with Gasteiger partial charge in [-0.05, 0) is 31.5 Å². The molecule has 106 valence electrons. The number of nitrogens with zero attached hydrogens (tertiary/aromatic N) is 2. The molecule has 0 spiro atoms. The van der Waals surface area contributed by atoms with Crippen molar-refractivity contribution in [1.82, 2.24) is 15.1 Å². The zero-order valence-electron chi connectivity index (χ0n) is 11.5. The molecule has 0 radical (unpaired) electrons. The third-order valence-electron chi connectivity index (χ3n) is 3.11. The highest BCUT2D eigenvalue weighted by Crippen LogP contribution is 2.23. The van der Waals surface area contributed by atoms with E-state index in [1.54, 1.807) is 31.0 Å². The van der Waals surface area contributed by atoms with Crippen molar-refractivity contribution in [2.75, 3.05) is 7.05 Å². The summed E-state index contributed by atoms with van der Waals surface area (Å²) in [6, 6.07) is 5.25. The van der Waals surface area contributed by atoms with Crippen molar-refractivity contribution >= 4 is 29.1 Å². The number of halogens is 2. The molecule has 0 aliphatic rings. The summed E-state index contributed by atoms with van der Waals surface area (Å²) < 4.78 is 0. The molecule has 1 amide bonds. The third kappa shape index (κ3) is 2.97. The lowest BCUT2D eigenvalue weighted by Gasteiger charge is -2.18. The molecular weight excluding hydrogens is 297 g/mol. The van der Waals surface area contributed by atoms with Crippen molar-refractivity contribution in [3.63, 3.8) is 0 Å². The monoisotopic (exact) mass is 311 g/mol. The van der Waals surface area contributed by atoms with Gasteiger partial charge in [0.25, 0.3) is 5.91 Å². The fraction of sp³-hybridized carbons (Fsp3) is 0.286. The van der Waals surface area contributed by atoms with E-state index in [-0.39, 0.29) is 5.91 Å². The van der Waals surface area contributed by atoms with Gasteiger partial charge in [-0.3, -0.25) is 9.89 Å². The van der Waals surface area contributed by atoms with E-state index < -0.39 is 0 Å². The molecule has 2 rings (SSSR count). The molecular formula is C14H15Cl2N3O. The maximum Gasteiger partial charge on any atom is 0.257 e. The summed E-state index contributed by atoms with van der Waals surface area (Å²) >= 11 is 12.0. The molecule has 1 aromatic heterocycles. The van der Waals surface area contributed by atoms with Crippen LogP contribution in [0.25, 0.3) is 0 Å². The molecule has 1 N–H and O–H groups in total. The molecule has 0 aliphatic heterocycles. The summed E-state index contributed by atoms with van der Waals surface area (Å²) in [5, 5.41) is 7.99. The number of aromatic nitrogens is 2. The lowest BCUT2D eigenvalue weighted by atomic mass is 10.1. The first-order valence-corrected chi connectivity index (χ1v) is 6.86. The van der Waals surface area contributed by atoms with Gasteiger partial charge in [0, 0.05) is 29.3 Å². The Kier molecular flexibility index (Phi) is 4.35. The minimum Gasteiger partial charge on any atom is -0.337 e. The number of rotatable bonds is 3. The van der Waals surface area contributed by atoms with Crippen LogP contribution in [0.1, 0.15) is 27.3 Å². The van der Waals surface area contributed by atoms with E-state index in [4.69, 9.17) is 23.2 Å². The number of amides is 1. The largest absolute Gasteiger partial charge is 0.337 e. The first kappa shape index (κ1) is 14.9. The molecule has 0 unspecified atom stereocenters. The molecule has 0 aliphatic carbocycles. The number of hydrogen-bond donors (Lipinski definition) is 1. The van der Waals surface area contributed by atoms with Crippen molar-refractivity contribution in [2.24, 2.45) is 0 Å². The maximum atomic E-state index is 12.4. The van der Waals surface area contributed by atoms with Gasteiger partial charge >= 0.3 is 0 Å². The summed E-state index contributed by atoms with van der Waals surface area (Å²) in [6.45, 7) is 4.05. The number of aromatic amines is 1. The highest BCUT2D eigenvalue weighted by molar-refractivity contribution is 6.35. The molecule has 4 nitrogen and oxygen atoms in total. The predicted octanol–water partition coefficient (Wildman–Crippen LogP) is 3.61. The fourth-order valence-electron chi connectivity index (χ4n) is 2.03. The minimum absolute atomic E-state index is 0.0835. The van der Waals surface area contributed by atoms with Crippen molar-refractivity contribution in [3.8, 4) is 0 Å². The SMILES string of the molecule is Cc1n[nH]c(C)c1C(=O)N(C)Cc1ccc(Cl)cc1Cl. The van der Waals surface area contributed by atoms with E-state index in [1.807, 2.05) is 13.0 Å². The van der Waals surface area contributed by atoms with Crippen LogP contribution in [0.5, 0.6) is 0 Å². The van der Waals surface area contributed by atoms with Crippen LogP contribution < -0.4 is 0 Å². The Labute approximate surface area is 127 Å². The zero-order chi connectivity index (χ0) is 14.9. The molecule has 0 fully saturated rings. The average Bonchev–Trinajstić information content (AvgIpc) is 2.71. The van der Waals surface area contributed by atoms with Crippen LogP contribution in [-0.4, -0.2) is 28.1 Å². The van der Waals surface area contributed by atoms with Gasteiger partial charge in [-0.1, -0.05) is 29.3 Å². The number of carbonyl (C=O) groups excluding carboxylic acids is 1. The van der Waals surface area contributed by atoms with Crippen LogP contribution in [0.3, 0.4) is 0 Å². The van der Waals surface area contributed by atoms with E-state index in [1.165, 1.54) is 0 Å². The number of hydrogen-bond acceptors (Lipinski definition) is 2. The molecule has 0 bridgehead atoms. The number of H-pyrrole nitrogens is 1. The summed E-state index contributed by atoms with van der Waals surface area (Å²) in [5.74, 6) is -0.0835. The Balaban J connectivity index is 2.20. The summed E-state index contributed by atoms with van der Waals surface area (Å²) in [7, 11) is 1.74. The molecule has 0 saturated heterocycles. The highest BCUT2D eigenvalue weighted by atomic mass is 35.5. The third-order valence-corrected chi connectivity index (χ3v) is 3.70. The van der Waals surface area contributed by atoms with Crippen LogP contribution in [-0.2, 0) is 6.54 Å². The van der Waals surface area contributed by atoms with Crippen molar-refractivity contribution in [2.45, 2.75) is 20.4 Å².